The summed E-state index contributed by atoms with van der Waals surface area (Å²) in [6.45, 7) is 0. The number of nitrogens with zero attached hydrogens (tertiary/aromatic N) is 1. The molecule has 0 spiro atoms. The van der Waals surface area contributed by atoms with Crippen molar-refractivity contribution < 1.29 is 8.42 Å². The molecular formula is C10H11N3O2S. The van der Waals surface area contributed by atoms with Gasteiger partial charge in [-0.15, -0.1) is 0 Å². The molecular weight excluding hydrogens is 226 g/mol. The molecule has 3 N–H and O–H groups in total. The fraction of sp³-hybridized carbons (Fsp3) is 0.300. The van der Waals surface area contributed by atoms with Crippen LogP contribution in [0.15, 0.2) is 23.1 Å². The van der Waals surface area contributed by atoms with Crippen molar-refractivity contribution in [1.82, 2.24) is 0 Å². The highest BCUT2D eigenvalue weighted by atomic mass is 32.2. The lowest BCUT2D eigenvalue weighted by Crippen LogP contribution is -2.15. The van der Waals surface area contributed by atoms with Gasteiger partial charge in [-0.05, 0) is 31.0 Å². The van der Waals surface area contributed by atoms with Crippen molar-refractivity contribution >= 4 is 15.7 Å². The van der Waals surface area contributed by atoms with Crippen LogP contribution in [0.3, 0.4) is 0 Å². The van der Waals surface area contributed by atoms with Crippen LogP contribution in [-0.4, -0.2) is 14.5 Å². The maximum atomic E-state index is 11.3. The summed E-state index contributed by atoms with van der Waals surface area (Å²) >= 11 is 0. The van der Waals surface area contributed by atoms with Gasteiger partial charge in [0.1, 0.15) is 4.90 Å². The fourth-order valence-corrected chi connectivity index (χ4v) is 2.09. The third kappa shape index (κ3) is 2.32. The molecule has 1 aliphatic carbocycles. The summed E-state index contributed by atoms with van der Waals surface area (Å²) in [5.41, 5.74) is 0.833. The number of hydrogen-bond donors (Lipinski definition) is 2. The van der Waals surface area contributed by atoms with Gasteiger partial charge in [0.2, 0.25) is 10.0 Å². The maximum Gasteiger partial charge on any atom is 0.240 e. The molecule has 0 unspecified atom stereocenters. The van der Waals surface area contributed by atoms with E-state index in [1.165, 1.54) is 18.2 Å². The Kier molecular flexibility index (Phi) is 2.58. The number of rotatable bonds is 3. The first-order valence-corrected chi connectivity index (χ1v) is 6.39. The van der Waals surface area contributed by atoms with E-state index in [2.05, 4.69) is 5.32 Å². The Bertz CT molecular complexity index is 556. The molecule has 1 aliphatic rings. The zero-order valence-corrected chi connectivity index (χ0v) is 9.29. The Morgan fingerprint density at radius 1 is 1.44 bits per heavy atom. The molecule has 0 heterocycles. The van der Waals surface area contributed by atoms with Gasteiger partial charge in [-0.2, -0.15) is 5.26 Å². The molecule has 0 saturated heterocycles. The lowest BCUT2D eigenvalue weighted by atomic mass is 10.2. The van der Waals surface area contributed by atoms with Crippen LogP contribution in [0.5, 0.6) is 0 Å². The minimum atomic E-state index is -3.75. The SMILES string of the molecule is N#Cc1ccc(S(N)(=O)=O)c(NC2CC2)c1. The zero-order chi connectivity index (χ0) is 11.8. The lowest BCUT2D eigenvalue weighted by molar-refractivity contribution is 0.598. The van der Waals surface area contributed by atoms with Gasteiger partial charge < -0.3 is 5.32 Å². The topological polar surface area (TPSA) is 96.0 Å². The van der Waals surface area contributed by atoms with E-state index in [1.54, 1.807) is 0 Å². The van der Waals surface area contributed by atoms with Crippen molar-refractivity contribution in [3.63, 3.8) is 0 Å². The van der Waals surface area contributed by atoms with Gasteiger partial charge in [0.15, 0.2) is 0 Å². The molecule has 84 valence electrons. The normalized spacial score (nSPS) is 15.5. The number of nitrogens with two attached hydrogens (primary N) is 1. The number of hydrogen-bond acceptors (Lipinski definition) is 4. The molecule has 0 radical (unpaired) electrons. The zero-order valence-electron chi connectivity index (χ0n) is 8.47. The Hall–Kier alpha value is -1.58. The molecule has 16 heavy (non-hydrogen) atoms. The molecule has 6 heteroatoms. The highest BCUT2D eigenvalue weighted by Crippen LogP contribution is 2.29. The van der Waals surface area contributed by atoms with Crippen molar-refractivity contribution in [3.05, 3.63) is 23.8 Å². The van der Waals surface area contributed by atoms with Crippen LogP contribution < -0.4 is 10.5 Å². The number of primary sulfonamides is 1. The van der Waals surface area contributed by atoms with E-state index < -0.39 is 10.0 Å². The van der Waals surface area contributed by atoms with Crippen LogP contribution in [0.4, 0.5) is 5.69 Å². The second-order valence-corrected chi connectivity index (χ2v) is 5.32. The molecule has 2 rings (SSSR count). The monoisotopic (exact) mass is 237 g/mol. The van der Waals surface area contributed by atoms with Gasteiger partial charge in [-0.25, -0.2) is 13.6 Å². The fourth-order valence-electron chi connectivity index (χ4n) is 1.41. The van der Waals surface area contributed by atoms with Crippen molar-refractivity contribution in [1.29, 1.82) is 5.26 Å². The number of benzene rings is 1. The van der Waals surface area contributed by atoms with E-state index in [1.807, 2.05) is 6.07 Å². The molecule has 5 nitrogen and oxygen atoms in total. The number of sulfonamides is 1. The van der Waals surface area contributed by atoms with Gasteiger partial charge in [0.25, 0.3) is 0 Å². The molecule has 0 amide bonds. The number of nitrogens with one attached hydrogen (secondary N) is 1. The molecule has 0 aromatic heterocycles. The first kappa shape index (κ1) is 10.9. The smallest absolute Gasteiger partial charge is 0.240 e. The van der Waals surface area contributed by atoms with E-state index in [9.17, 15) is 8.42 Å². The summed E-state index contributed by atoms with van der Waals surface area (Å²) < 4.78 is 22.6. The van der Waals surface area contributed by atoms with Crippen LogP contribution in [0.25, 0.3) is 0 Å². The van der Waals surface area contributed by atoms with Gasteiger partial charge in [-0.1, -0.05) is 0 Å². The van der Waals surface area contributed by atoms with Crippen molar-refractivity contribution in [2.45, 2.75) is 23.8 Å². The summed E-state index contributed by atoms with van der Waals surface area (Å²) in [6, 6.07) is 6.58. The molecule has 1 fully saturated rings. The first-order chi connectivity index (χ1) is 7.50. The van der Waals surface area contributed by atoms with Crippen molar-refractivity contribution in [2.24, 2.45) is 5.14 Å². The first-order valence-electron chi connectivity index (χ1n) is 4.84. The van der Waals surface area contributed by atoms with Gasteiger partial charge >= 0.3 is 0 Å². The summed E-state index contributed by atoms with van der Waals surface area (Å²) in [6.07, 6.45) is 2.03. The van der Waals surface area contributed by atoms with E-state index >= 15 is 0 Å². The maximum absolute atomic E-state index is 11.3. The second-order valence-electron chi connectivity index (χ2n) is 3.79. The van der Waals surface area contributed by atoms with E-state index in [4.69, 9.17) is 10.4 Å². The number of nitriles is 1. The average molecular weight is 237 g/mol. The van der Waals surface area contributed by atoms with Crippen LogP contribution in [-0.2, 0) is 10.0 Å². The molecule has 1 saturated carbocycles. The van der Waals surface area contributed by atoms with E-state index in [0.717, 1.165) is 12.8 Å². The molecule has 0 atom stereocenters. The molecule has 1 aromatic rings. The Morgan fingerprint density at radius 2 is 2.12 bits per heavy atom. The van der Waals surface area contributed by atoms with Gasteiger partial charge in [-0.3, -0.25) is 0 Å². The third-order valence-electron chi connectivity index (χ3n) is 2.35. The predicted molar refractivity (Wildman–Crippen MR) is 59.2 cm³/mol. The van der Waals surface area contributed by atoms with E-state index in [-0.39, 0.29) is 4.90 Å². The summed E-state index contributed by atoms with van der Waals surface area (Å²) in [7, 11) is -3.75. The Morgan fingerprint density at radius 3 is 2.62 bits per heavy atom. The highest BCUT2D eigenvalue weighted by molar-refractivity contribution is 7.89. The lowest BCUT2D eigenvalue weighted by Gasteiger charge is -2.09. The molecule has 0 bridgehead atoms. The average Bonchev–Trinajstić information content (AvgIpc) is 3.00. The van der Waals surface area contributed by atoms with Crippen LogP contribution in [0.2, 0.25) is 0 Å². The second kappa shape index (κ2) is 3.77. The van der Waals surface area contributed by atoms with Gasteiger partial charge in [0, 0.05) is 6.04 Å². The highest BCUT2D eigenvalue weighted by Gasteiger charge is 2.24. The summed E-state index contributed by atoms with van der Waals surface area (Å²) in [5, 5.41) is 16.9. The minimum absolute atomic E-state index is 0.0402. The number of anilines is 1. The predicted octanol–water partition coefficient (Wildman–Crippen LogP) is 0.780. The third-order valence-corrected chi connectivity index (χ3v) is 3.32. The Balaban J connectivity index is 2.47. The summed E-state index contributed by atoms with van der Waals surface area (Å²) in [5.74, 6) is 0. The Labute approximate surface area is 93.9 Å². The summed E-state index contributed by atoms with van der Waals surface area (Å²) in [4.78, 5) is 0.0402. The van der Waals surface area contributed by atoms with Crippen LogP contribution >= 0.6 is 0 Å². The van der Waals surface area contributed by atoms with E-state index in [0.29, 0.717) is 17.3 Å². The largest absolute Gasteiger partial charge is 0.381 e. The van der Waals surface area contributed by atoms with Crippen molar-refractivity contribution in [3.8, 4) is 6.07 Å². The van der Waals surface area contributed by atoms with Crippen LogP contribution in [0.1, 0.15) is 18.4 Å². The standard InChI is InChI=1S/C10H11N3O2S/c11-6-7-1-4-10(16(12,14)15)9(5-7)13-8-2-3-8/h1,4-5,8,13H,2-3H2,(H2,12,14,15). The quantitative estimate of drug-likeness (QED) is 0.811. The molecule has 1 aromatic carbocycles. The van der Waals surface area contributed by atoms with Crippen LogP contribution in [0, 0.1) is 11.3 Å². The molecule has 0 aliphatic heterocycles. The van der Waals surface area contributed by atoms with Crippen molar-refractivity contribution in [2.75, 3.05) is 5.32 Å². The minimum Gasteiger partial charge on any atom is -0.381 e. The van der Waals surface area contributed by atoms with Gasteiger partial charge in [0.05, 0.1) is 17.3 Å².